The van der Waals surface area contributed by atoms with Crippen LogP contribution in [0.4, 0.5) is 0 Å². The van der Waals surface area contributed by atoms with Gasteiger partial charge in [0.1, 0.15) is 5.69 Å². The van der Waals surface area contributed by atoms with Crippen LogP contribution in [-0.2, 0) is 16.1 Å². The molecule has 2 aliphatic heterocycles. The molecule has 0 unspecified atom stereocenters. The van der Waals surface area contributed by atoms with E-state index in [1.54, 1.807) is 4.90 Å². The van der Waals surface area contributed by atoms with Gasteiger partial charge in [0.25, 0.3) is 11.5 Å². The van der Waals surface area contributed by atoms with Crippen molar-refractivity contribution in [2.75, 3.05) is 59.0 Å². The first-order chi connectivity index (χ1) is 15.1. The van der Waals surface area contributed by atoms with Crippen LogP contribution in [0.2, 0.25) is 0 Å². The topological polar surface area (TPSA) is 88.0 Å². The number of carbonyl (C=O) groups is 2. The molecule has 2 fully saturated rings. The summed E-state index contributed by atoms with van der Waals surface area (Å²) in [6.45, 7) is 5.45. The second kappa shape index (κ2) is 9.84. The van der Waals surface area contributed by atoms with E-state index in [0.717, 1.165) is 5.56 Å². The van der Waals surface area contributed by atoms with Gasteiger partial charge in [0.05, 0.1) is 26.3 Å². The van der Waals surface area contributed by atoms with Gasteiger partial charge in [0.2, 0.25) is 5.91 Å². The number of carbonyl (C=O) groups excluding carboxylic acids is 2. The first-order valence-electron chi connectivity index (χ1n) is 10.6. The van der Waals surface area contributed by atoms with Gasteiger partial charge < -0.3 is 14.5 Å². The maximum Gasteiger partial charge on any atom is 0.274 e. The number of piperazine rings is 1. The number of ether oxygens (including phenoxy) is 1. The zero-order valence-corrected chi connectivity index (χ0v) is 17.5. The minimum Gasteiger partial charge on any atom is -0.378 e. The smallest absolute Gasteiger partial charge is 0.274 e. The summed E-state index contributed by atoms with van der Waals surface area (Å²) in [6.07, 6.45) is 0. The highest BCUT2D eigenvalue weighted by Crippen LogP contribution is 2.08. The number of hydrogen-bond donors (Lipinski definition) is 0. The molecule has 9 heteroatoms. The average Bonchev–Trinajstić information content (AvgIpc) is 2.82. The second-order valence-electron chi connectivity index (χ2n) is 7.76. The van der Waals surface area contributed by atoms with E-state index in [9.17, 15) is 14.4 Å². The van der Waals surface area contributed by atoms with Crippen LogP contribution in [-0.4, -0.2) is 95.3 Å². The van der Waals surface area contributed by atoms with E-state index in [2.05, 4.69) is 10.00 Å². The van der Waals surface area contributed by atoms with Gasteiger partial charge in [-0.15, -0.1) is 0 Å². The number of rotatable bonds is 5. The van der Waals surface area contributed by atoms with Crippen LogP contribution in [0.15, 0.2) is 47.3 Å². The van der Waals surface area contributed by atoms with Gasteiger partial charge in [-0.2, -0.15) is 5.10 Å². The number of morpholine rings is 1. The third-order valence-electron chi connectivity index (χ3n) is 5.64. The molecule has 164 valence electrons. The lowest BCUT2D eigenvalue weighted by atomic mass is 10.2. The molecule has 2 aliphatic rings. The molecule has 4 rings (SSSR count). The molecule has 3 heterocycles. The van der Waals surface area contributed by atoms with Crippen LogP contribution in [0.25, 0.3) is 0 Å². The summed E-state index contributed by atoms with van der Waals surface area (Å²) in [4.78, 5) is 43.2. The Bertz CT molecular complexity index is 963. The van der Waals surface area contributed by atoms with E-state index < -0.39 is 0 Å². The fourth-order valence-electron chi connectivity index (χ4n) is 3.81. The van der Waals surface area contributed by atoms with Gasteiger partial charge in [-0.1, -0.05) is 30.3 Å². The summed E-state index contributed by atoms with van der Waals surface area (Å²) in [7, 11) is 0. The lowest BCUT2D eigenvalue weighted by Crippen LogP contribution is -2.52. The Morgan fingerprint density at radius 2 is 1.58 bits per heavy atom. The standard InChI is InChI=1S/C22H27N5O4/c28-20-7-6-19(23-27(20)16-18-4-2-1-3-5-18)22(30)26-10-8-24(9-11-26)17-21(29)25-12-14-31-15-13-25/h1-7H,8-17H2. The van der Waals surface area contributed by atoms with Gasteiger partial charge in [-0.05, 0) is 11.6 Å². The van der Waals surface area contributed by atoms with E-state index in [0.29, 0.717) is 65.6 Å². The lowest BCUT2D eigenvalue weighted by Gasteiger charge is -2.35. The van der Waals surface area contributed by atoms with Crippen molar-refractivity contribution in [3.8, 4) is 0 Å². The molecule has 9 nitrogen and oxygen atoms in total. The Hall–Kier alpha value is -3.04. The Balaban J connectivity index is 1.33. The van der Waals surface area contributed by atoms with Crippen molar-refractivity contribution in [2.45, 2.75) is 6.54 Å². The first kappa shape index (κ1) is 21.2. The normalized spacial score (nSPS) is 17.5. The van der Waals surface area contributed by atoms with Crippen molar-refractivity contribution in [3.05, 3.63) is 64.1 Å². The molecule has 0 atom stereocenters. The molecule has 2 saturated heterocycles. The van der Waals surface area contributed by atoms with Crippen molar-refractivity contribution < 1.29 is 14.3 Å². The molecule has 0 bridgehead atoms. The summed E-state index contributed by atoms with van der Waals surface area (Å²) in [5.41, 5.74) is 0.959. The van der Waals surface area contributed by atoms with Gasteiger partial charge in [0.15, 0.2) is 0 Å². The number of benzene rings is 1. The molecule has 1 aromatic carbocycles. The number of aromatic nitrogens is 2. The quantitative estimate of drug-likeness (QED) is 0.665. The summed E-state index contributed by atoms with van der Waals surface area (Å²) >= 11 is 0. The van der Waals surface area contributed by atoms with Crippen LogP contribution in [0, 0.1) is 0 Å². The Labute approximate surface area is 180 Å². The Morgan fingerprint density at radius 3 is 2.29 bits per heavy atom. The van der Waals surface area contributed by atoms with Crippen molar-refractivity contribution in [3.63, 3.8) is 0 Å². The van der Waals surface area contributed by atoms with Crippen molar-refractivity contribution in [1.82, 2.24) is 24.5 Å². The third-order valence-corrected chi connectivity index (χ3v) is 5.64. The zero-order chi connectivity index (χ0) is 21.6. The maximum atomic E-state index is 12.9. The molecular weight excluding hydrogens is 398 g/mol. The van der Waals surface area contributed by atoms with E-state index in [4.69, 9.17) is 4.74 Å². The van der Waals surface area contributed by atoms with Crippen LogP contribution < -0.4 is 5.56 Å². The monoisotopic (exact) mass is 425 g/mol. The maximum absolute atomic E-state index is 12.9. The fraction of sp³-hybridized carbons (Fsp3) is 0.455. The van der Waals surface area contributed by atoms with Gasteiger partial charge >= 0.3 is 0 Å². The SMILES string of the molecule is O=C(CN1CCN(C(=O)c2ccc(=O)n(Cc3ccccc3)n2)CC1)N1CCOCC1. The summed E-state index contributed by atoms with van der Waals surface area (Å²) < 4.78 is 6.61. The summed E-state index contributed by atoms with van der Waals surface area (Å²) in [5.74, 6) is -0.0845. The molecule has 0 aliphatic carbocycles. The van der Waals surface area contributed by atoms with Crippen molar-refractivity contribution >= 4 is 11.8 Å². The van der Waals surface area contributed by atoms with E-state index in [1.165, 1.54) is 16.8 Å². The zero-order valence-electron chi connectivity index (χ0n) is 17.5. The highest BCUT2D eigenvalue weighted by Gasteiger charge is 2.26. The predicted octanol–water partition coefficient (Wildman–Crippen LogP) is -0.0918. The molecule has 0 spiro atoms. The lowest BCUT2D eigenvalue weighted by molar-refractivity contribution is -0.136. The minimum absolute atomic E-state index is 0.109. The molecule has 31 heavy (non-hydrogen) atoms. The minimum atomic E-state index is -0.244. The van der Waals surface area contributed by atoms with Crippen molar-refractivity contribution in [1.29, 1.82) is 0 Å². The largest absolute Gasteiger partial charge is 0.378 e. The summed E-state index contributed by atoms with van der Waals surface area (Å²) in [6, 6.07) is 12.4. The second-order valence-corrected chi connectivity index (χ2v) is 7.76. The molecule has 0 saturated carbocycles. The molecule has 2 aromatic rings. The van der Waals surface area contributed by atoms with Crippen LogP contribution in [0.1, 0.15) is 16.1 Å². The first-order valence-corrected chi connectivity index (χ1v) is 10.6. The predicted molar refractivity (Wildman–Crippen MR) is 114 cm³/mol. The van der Waals surface area contributed by atoms with E-state index >= 15 is 0 Å². The highest BCUT2D eigenvalue weighted by atomic mass is 16.5. The van der Waals surface area contributed by atoms with Crippen molar-refractivity contribution in [2.24, 2.45) is 0 Å². The van der Waals surface area contributed by atoms with Crippen LogP contribution in [0.3, 0.4) is 0 Å². The molecule has 0 N–H and O–H groups in total. The van der Waals surface area contributed by atoms with E-state index in [1.807, 2.05) is 35.2 Å². The number of hydrogen-bond acceptors (Lipinski definition) is 6. The highest BCUT2D eigenvalue weighted by molar-refractivity contribution is 5.92. The van der Waals surface area contributed by atoms with Crippen LogP contribution >= 0.6 is 0 Å². The molecular formula is C22H27N5O4. The Kier molecular flexibility index (Phi) is 6.73. The average molecular weight is 425 g/mol. The molecule has 2 amide bonds. The number of nitrogens with zero attached hydrogens (tertiary/aromatic N) is 5. The molecule has 0 radical (unpaired) electrons. The number of amides is 2. The summed E-state index contributed by atoms with van der Waals surface area (Å²) in [5, 5.41) is 4.30. The van der Waals surface area contributed by atoms with Gasteiger partial charge in [-0.3, -0.25) is 19.3 Å². The van der Waals surface area contributed by atoms with E-state index in [-0.39, 0.29) is 23.1 Å². The Morgan fingerprint density at radius 1 is 0.871 bits per heavy atom. The van der Waals surface area contributed by atoms with Gasteiger partial charge in [-0.25, -0.2) is 4.68 Å². The fourth-order valence-corrected chi connectivity index (χ4v) is 3.81. The van der Waals surface area contributed by atoms with Gasteiger partial charge in [0, 0.05) is 45.3 Å². The van der Waals surface area contributed by atoms with Crippen LogP contribution in [0.5, 0.6) is 0 Å². The third kappa shape index (κ3) is 5.36. The molecule has 1 aromatic heterocycles.